The summed E-state index contributed by atoms with van der Waals surface area (Å²) in [6.07, 6.45) is 4.88. The molecule has 23 heavy (non-hydrogen) atoms. The number of likely N-dealkylation sites (tertiary alicyclic amines) is 1. The molecular formula is C15H28ClN3O3S. The second-order valence-corrected chi connectivity index (χ2v) is 9.28. The molecule has 1 unspecified atom stereocenters. The quantitative estimate of drug-likeness (QED) is 0.777. The van der Waals surface area contributed by atoms with Gasteiger partial charge in [0.05, 0.1) is 0 Å². The summed E-state index contributed by atoms with van der Waals surface area (Å²) in [5, 5.41) is 3.34. The molecule has 0 bridgehead atoms. The van der Waals surface area contributed by atoms with E-state index < -0.39 is 14.6 Å². The molecule has 3 fully saturated rings. The Labute approximate surface area is 145 Å². The topological polar surface area (TPSA) is 69.7 Å². The molecule has 2 heterocycles. The third-order valence-corrected chi connectivity index (χ3v) is 7.63. The first kappa shape index (κ1) is 19.0. The van der Waals surface area contributed by atoms with Crippen LogP contribution < -0.4 is 5.32 Å². The summed E-state index contributed by atoms with van der Waals surface area (Å²) in [7, 11) is -3.36. The molecule has 1 amide bonds. The van der Waals surface area contributed by atoms with Gasteiger partial charge >= 0.3 is 0 Å². The molecule has 0 aromatic heterocycles. The number of carbonyl (C=O) groups excluding carboxylic acids is 1. The predicted molar refractivity (Wildman–Crippen MR) is 92.7 cm³/mol. The molecule has 0 spiro atoms. The van der Waals surface area contributed by atoms with Crippen LogP contribution in [-0.4, -0.2) is 80.4 Å². The number of rotatable bonds is 3. The number of hydrogen-bond donors (Lipinski definition) is 1. The number of nitrogens with zero attached hydrogens (tertiary/aromatic N) is 2. The molecule has 2 aliphatic heterocycles. The van der Waals surface area contributed by atoms with E-state index in [0.29, 0.717) is 32.0 Å². The van der Waals surface area contributed by atoms with E-state index in [2.05, 4.69) is 10.2 Å². The minimum Gasteiger partial charge on any atom is -0.340 e. The highest BCUT2D eigenvalue weighted by molar-refractivity contribution is 7.92. The van der Waals surface area contributed by atoms with Gasteiger partial charge in [-0.1, -0.05) is 12.8 Å². The number of piperazine rings is 1. The summed E-state index contributed by atoms with van der Waals surface area (Å²) in [5.74, 6) is -0.134. The highest BCUT2D eigenvalue weighted by Crippen LogP contribution is 2.39. The van der Waals surface area contributed by atoms with Crippen LogP contribution in [0.4, 0.5) is 0 Å². The van der Waals surface area contributed by atoms with Crippen molar-refractivity contribution >= 4 is 28.2 Å². The normalized spacial score (nSPS) is 28.6. The van der Waals surface area contributed by atoms with Crippen molar-refractivity contribution in [3.05, 3.63) is 0 Å². The van der Waals surface area contributed by atoms with Crippen molar-refractivity contribution in [2.24, 2.45) is 0 Å². The molecular weight excluding hydrogens is 338 g/mol. The lowest BCUT2D eigenvalue weighted by molar-refractivity contribution is -0.133. The fourth-order valence-electron chi connectivity index (χ4n) is 4.25. The van der Waals surface area contributed by atoms with Gasteiger partial charge in [-0.15, -0.1) is 12.4 Å². The second kappa shape index (κ2) is 7.25. The standard InChI is InChI=1S/C15H27N3O3S.ClH/c1-22(20,21)15(5-2-3-6-15)14(19)18-9-4-13(12-18)17-10-7-16-8-11-17;/h13,16H,2-12H2,1H3;1H. The molecule has 6 nitrogen and oxygen atoms in total. The zero-order chi connectivity index (χ0) is 15.8. The molecule has 134 valence electrons. The molecule has 0 aromatic rings. The molecule has 1 saturated carbocycles. The molecule has 8 heteroatoms. The van der Waals surface area contributed by atoms with Gasteiger partial charge in [-0.05, 0) is 19.3 Å². The number of amides is 1. The van der Waals surface area contributed by atoms with Gasteiger partial charge in [0.25, 0.3) is 0 Å². The Bertz CT molecular complexity index is 528. The Morgan fingerprint density at radius 3 is 2.30 bits per heavy atom. The van der Waals surface area contributed by atoms with Gasteiger partial charge in [0.15, 0.2) is 14.6 Å². The van der Waals surface area contributed by atoms with Gasteiger partial charge in [0.2, 0.25) is 5.91 Å². The van der Waals surface area contributed by atoms with Crippen molar-refractivity contribution in [3.63, 3.8) is 0 Å². The number of halogens is 1. The summed E-state index contributed by atoms with van der Waals surface area (Å²) >= 11 is 0. The average molecular weight is 366 g/mol. The first-order valence-corrected chi connectivity index (χ1v) is 10.3. The van der Waals surface area contributed by atoms with Crippen molar-refractivity contribution in [1.82, 2.24) is 15.1 Å². The number of nitrogens with one attached hydrogen (secondary N) is 1. The van der Waals surface area contributed by atoms with Crippen LogP contribution in [0.5, 0.6) is 0 Å². The maximum absolute atomic E-state index is 13.0. The smallest absolute Gasteiger partial charge is 0.244 e. The van der Waals surface area contributed by atoms with Gasteiger partial charge in [-0.25, -0.2) is 8.42 Å². The van der Waals surface area contributed by atoms with Crippen LogP contribution in [0, 0.1) is 0 Å². The summed E-state index contributed by atoms with van der Waals surface area (Å²) in [4.78, 5) is 17.2. The van der Waals surface area contributed by atoms with E-state index in [9.17, 15) is 13.2 Å². The lowest BCUT2D eigenvalue weighted by Crippen LogP contribution is -2.53. The summed E-state index contributed by atoms with van der Waals surface area (Å²) in [5.41, 5.74) is 0. The first-order valence-electron chi connectivity index (χ1n) is 8.38. The monoisotopic (exact) mass is 365 g/mol. The van der Waals surface area contributed by atoms with Crippen LogP contribution in [0.2, 0.25) is 0 Å². The zero-order valence-corrected chi connectivity index (χ0v) is 15.4. The Morgan fingerprint density at radius 1 is 1.13 bits per heavy atom. The third-order valence-electron chi connectivity index (χ3n) is 5.63. The molecule has 2 saturated heterocycles. The Balaban J connectivity index is 0.00000192. The number of hydrogen-bond acceptors (Lipinski definition) is 5. The maximum atomic E-state index is 13.0. The zero-order valence-electron chi connectivity index (χ0n) is 13.8. The first-order chi connectivity index (χ1) is 10.4. The molecule has 1 atom stereocenters. The molecule has 3 rings (SSSR count). The molecule has 1 aliphatic carbocycles. The SMILES string of the molecule is CS(=O)(=O)C1(C(=O)N2CCC(N3CCNCC3)C2)CCCC1.Cl. The van der Waals surface area contributed by atoms with Crippen LogP contribution in [-0.2, 0) is 14.6 Å². The van der Waals surface area contributed by atoms with E-state index in [0.717, 1.165) is 45.4 Å². The third kappa shape index (κ3) is 3.52. The Morgan fingerprint density at radius 2 is 1.74 bits per heavy atom. The van der Waals surface area contributed by atoms with Crippen molar-refractivity contribution in [2.75, 3.05) is 45.5 Å². The van der Waals surface area contributed by atoms with Gasteiger partial charge in [-0.2, -0.15) is 0 Å². The van der Waals surface area contributed by atoms with Crippen LogP contribution in [0.1, 0.15) is 32.1 Å². The van der Waals surface area contributed by atoms with Gasteiger partial charge in [0, 0.05) is 51.6 Å². The van der Waals surface area contributed by atoms with Crippen molar-refractivity contribution < 1.29 is 13.2 Å². The van der Waals surface area contributed by atoms with Crippen LogP contribution in [0.3, 0.4) is 0 Å². The molecule has 1 N–H and O–H groups in total. The van der Waals surface area contributed by atoms with Crippen LogP contribution in [0.25, 0.3) is 0 Å². The van der Waals surface area contributed by atoms with E-state index in [1.54, 1.807) is 0 Å². The van der Waals surface area contributed by atoms with Gasteiger partial charge < -0.3 is 10.2 Å². The predicted octanol–water partition coefficient (Wildman–Crippen LogP) is 0.272. The van der Waals surface area contributed by atoms with E-state index in [1.807, 2.05) is 4.90 Å². The largest absolute Gasteiger partial charge is 0.340 e. The summed E-state index contributed by atoms with van der Waals surface area (Å²) < 4.78 is 23.4. The maximum Gasteiger partial charge on any atom is 0.244 e. The fraction of sp³-hybridized carbons (Fsp3) is 0.933. The van der Waals surface area contributed by atoms with Crippen molar-refractivity contribution in [1.29, 1.82) is 0 Å². The van der Waals surface area contributed by atoms with E-state index in [1.165, 1.54) is 6.26 Å². The summed E-state index contributed by atoms with van der Waals surface area (Å²) in [6, 6.07) is 0.393. The number of sulfone groups is 1. The lowest BCUT2D eigenvalue weighted by Gasteiger charge is -2.34. The van der Waals surface area contributed by atoms with Gasteiger partial charge in [-0.3, -0.25) is 9.69 Å². The Kier molecular flexibility index (Phi) is 5.98. The minimum absolute atomic E-state index is 0. The fourth-order valence-corrected chi connectivity index (χ4v) is 5.73. The second-order valence-electron chi connectivity index (χ2n) is 6.95. The highest BCUT2D eigenvalue weighted by Gasteiger charge is 2.52. The Hall–Kier alpha value is -0.370. The van der Waals surface area contributed by atoms with Crippen molar-refractivity contribution in [3.8, 4) is 0 Å². The van der Waals surface area contributed by atoms with E-state index in [4.69, 9.17) is 0 Å². The van der Waals surface area contributed by atoms with Crippen molar-refractivity contribution in [2.45, 2.75) is 42.9 Å². The number of carbonyl (C=O) groups is 1. The van der Waals surface area contributed by atoms with Gasteiger partial charge in [0.1, 0.15) is 0 Å². The molecule has 0 aromatic carbocycles. The highest BCUT2D eigenvalue weighted by atomic mass is 35.5. The van der Waals surface area contributed by atoms with Crippen LogP contribution in [0.15, 0.2) is 0 Å². The van der Waals surface area contributed by atoms with Crippen LogP contribution >= 0.6 is 12.4 Å². The lowest BCUT2D eigenvalue weighted by atomic mass is 10.1. The van der Waals surface area contributed by atoms with E-state index in [-0.39, 0.29) is 18.3 Å². The minimum atomic E-state index is -3.36. The average Bonchev–Trinajstić information content (AvgIpc) is 3.17. The summed E-state index contributed by atoms with van der Waals surface area (Å²) in [6.45, 7) is 5.42. The molecule has 3 aliphatic rings. The van der Waals surface area contributed by atoms with E-state index >= 15 is 0 Å². The molecule has 0 radical (unpaired) electrons.